The summed E-state index contributed by atoms with van der Waals surface area (Å²) in [4.78, 5) is 2.46. The molecule has 1 nitrogen and oxygen atoms in total. The fourth-order valence-electron chi connectivity index (χ4n) is 4.13. The topological polar surface area (TPSA) is 3.24 Å². The highest BCUT2D eigenvalue weighted by atomic mass is 19.2. The average Bonchev–Trinajstić information content (AvgIpc) is 2.52. The van der Waals surface area contributed by atoms with Crippen LogP contribution in [0, 0.1) is 17.6 Å². The van der Waals surface area contributed by atoms with Gasteiger partial charge in [-0.2, -0.15) is 0 Å². The molecule has 2 aromatic rings. The van der Waals surface area contributed by atoms with Gasteiger partial charge in [-0.1, -0.05) is 36.4 Å². The van der Waals surface area contributed by atoms with Crippen molar-refractivity contribution in [3.8, 4) is 0 Å². The molecule has 1 heterocycles. The third-order valence-corrected chi connectivity index (χ3v) is 5.03. The first-order valence-corrected chi connectivity index (χ1v) is 7.94. The van der Waals surface area contributed by atoms with Gasteiger partial charge in [0, 0.05) is 19.6 Å². The van der Waals surface area contributed by atoms with Gasteiger partial charge in [0.1, 0.15) is 0 Å². The van der Waals surface area contributed by atoms with Gasteiger partial charge in [0.15, 0.2) is 11.6 Å². The molecule has 1 saturated heterocycles. The van der Waals surface area contributed by atoms with Crippen LogP contribution in [-0.2, 0) is 13.0 Å². The van der Waals surface area contributed by atoms with Crippen molar-refractivity contribution in [2.75, 3.05) is 13.1 Å². The highest BCUT2D eigenvalue weighted by Crippen LogP contribution is 2.41. The van der Waals surface area contributed by atoms with E-state index in [0.29, 0.717) is 23.8 Å². The molecule has 2 atom stereocenters. The highest BCUT2D eigenvalue weighted by Gasteiger charge is 2.35. The summed E-state index contributed by atoms with van der Waals surface area (Å²) in [5.41, 5.74) is 2.96. The average molecular weight is 299 g/mol. The maximum absolute atomic E-state index is 14.0. The van der Waals surface area contributed by atoms with Gasteiger partial charge in [0.05, 0.1) is 0 Å². The number of fused-ring (bicyclic) bond motifs is 4. The molecular weight excluding hydrogens is 280 g/mol. The van der Waals surface area contributed by atoms with Crippen LogP contribution in [0.5, 0.6) is 0 Å². The lowest BCUT2D eigenvalue weighted by atomic mass is 9.73. The van der Waals surface area contributed by atoms with E-state index in [4.69, 9.17) is 0 Å². The zero-order chi connectivity index (χ0) is 15.1. The second kappa shape index (κ2) is 5.47. The SMILES string of the molecule is Fc1ccc2c(c1F)C[C@H]1C[C@@H]2CN(Cc2ccccc2)C1. The van der Waals surface area contributed by atoms with Crippen LogP contribution in [-0.4, -0.2) is 18.0 Å². The first-order valence-electron chi connectivity index (χ1n) is 7.94. The predicted octanol–water partition coefficient (Wildman–Crippen LogP) is 4.13. The van der Waals surface area contributed by atoms with Crippen LogP contribution < -0.4 is 0 Å². The Morgan fingerprint density at radius 2 is 1.82 bits per heavy atom. The zero-order valence-corrected chi connectivity index (χ0v) is 12.4. The minimum absolute atomic E-state index is 0.335. The molecule has 0 aromatic heterocycles. The van der Waals surface area contributed by atoms with Crippen LogP contribution in [0.2, 0.25) is 0 Å². The molecule has 0 amide bonds. The van der Waals surface area contributed by atoms with Gasteiger partial charge in [0.25, 0.3) is 0 Å². The summed E-state index contributed by atoms with van der Waals surface area (Å²) in [6.45, 7) is 2.84. The van der Waals surface area contributed by atoms with Crippen LogP contribution in [0.3, 0.4) is 0 Å². The molecule has 2 aliphatic rings. The predicted molar refractivity (Wildman–Crippen MR) is 82.6 cm³/mol. The second-order valence-corrected chi connectivity index (χ2v) is 6.61. The molecule has 0 saturated carbocycles. The molecule has 4 rings (SSSR count). The lowest BCUT2D eigenvalue weighted by molar-refractivity contribution is 0.136. The zero-order valence-electron chi connectivity index (χ0n) is 12.4. The van der Waals surface area contributed by atoms with Crippen molar-refractivity contribution < 1.29 is 8.78 Å². The van der Waals surface area contributed by atoms with Gasteiger partial charge in [0.2, 0.25) is 0 Å². The summed E-state index contributed by atoms with van der Waals surface area (Å²) in [5.74, 6) is -0.559. The highest BCUT2D eigenvalue weighted by molar-refractivity contribution is 5.36. The molecule has 114 valence electrons. The maximum Gasteiger partial charge on any atom is 0.162 e. The number of piperidine rings is 1. The number of hydrogen-bond acceptors (Lipinski definition) is 1. The third kappa shape index (κ3) is 2.44. The van der Waals surface area contributed by atoms with Crippen LogP contribution in [0.15, 0.2) is 42.5 Å². The molecule has 2 bridgehead atoms. The fraction of sp³-hybridized carbons (Fsp3) is 0.368. The number of benzene rings is 2. The molecule has 1 aliphatic carbocycles. The molecular formula is C19H19F2N. The Hall–Kier alpha value is -1.74. The normalized spacial score (nSPS) is 24.1. The Bertz CT molecular complexity index is 683. The van der Waals surface area contributed by atoms with Gasteiger partial charge in [-0.3, -0.25) is 4.90 Å². The fourth-order valence-corrected chi connectivity index (χ4v) is 4.13. The van der Waals surface area contributed by atoms with E-state index in [9.17, 15) is 8.78 Å². The van der Waals surface area contributed by atoms with E-state index in [-0.39, 0.29) is 0 Å². The molecule has 22 heavy (non-hydrogen) atoms. The Kier molecular flexibility index (Phi) is 3.45. The van der Waals surface area contributed by atoms with E-state index in [1.165, 1.54) is 11.6 Å². The van der Waals surface area contributed by atoms with Gasteiger partial charge >= 0.3 is 0 Å². The van der Waals surface area contributed by atoms with Crippen molar-refractivity contribution in [2.24, 2.45) is 5.92 Å². The van der Waals surface area contributed by atoms with E-state index in [1.54, 1.807) is 6.07 Å². The smallest absolute Gasteiger partial charge is 0.162 e. The van der Waals surface area contributed by atoms with Crippen molar-refractivity contribution in [1.29, 1.82) is 0 Å². The van der Waals surface area contributed by atoms with Crippen LogP contribution in [0.4, 0.5) is 8.78 Å². The molecule has 0 unspecified atom stereocenters. The van der Waals surface area contributed by atoms with Gasteiger partial charge in [-0.25, -0.2) is 8.78 Å². The summed E-state index contributed by atoms with van der Waals surface area (Å²) in [5, 5.41) is 0. The summed E-state index contributed by atoms with van der Waals surface area (Å²) in [6.07, 6.45) is 1.77. The monoisotopic (exact) mass is 299 g/mol. The molecule has 0 radical (unpaired) electrons. The van der Waals surface area contributed by atoms with Gasteiger partial charge in [-0.05, 0) is 47.4 Å². The van der Waals surface area contributed by atoms with E-state index < -0.39 is 11.6 Å². The summed E-state index contributed by atoms with van der Waals surface area (Å²) >= 11 is 0. The maximum atomic E-state index is 14.0. The third-order valence-electron chi connectivity index (χ3n) is 5.03. The number of nitrogens with zero attached hydrogens (tertiary/aromatic N) is 1. The quantitative estimate of drug-likeness (QED) is 0.806. The molecule has 3 heteroatoms. The molecule has 0 N–H and O–H groups in total. The van der Waals surface area contributed by atoms with Crippen molar-refractivity contribution in [1.82, 2.24) is 4.90 Å². The van der Waals surface area contributed by atoms with Crippen molar-refractivity contribution in [2.45, 2.75) is 25.3 Å². The van der Waals surface area contributed by atoms with Crippen LogP contribution >= 0.6 is 0 Å². The first-order chi connectivity index (χ1) is 10.7. The van der Waals surface area contributed by atoms with E-state index >= 15 is 0 Å². The van der Waals surface area contributed by atoms with Crippen molar-refractivity contribution >= 4 is 0 Å². The number of hydrogen-bond donors (Lipinski definition) is 0. The minimum atomic E-state index is -0.708. The van der Waals surface area contributed by atoms with Gasteiger partial charge < -0.3 is 0 Å². The summed E-state index contributed by atoms with van der Waals surface area (Å²) in [6, 6.07) is 13.5. The Balaban J connectivity index is 1.58. The molecule has 2 aromatic carbocycles. The summed E-state index contributed by atoms with van der Waals surface area (Å²) in [7, 11) is 0. The molecule has 1 aliphatic heterocycles. The lowest BCUT2D eigenvalue weighted by Crippen LogP contribution is -2.42. The van der Waals surface area contributed by atoms with Crippen molar-refractivity contribution in [3.63, 3.8) is 0 Å². The first kappa shape index (κ1) is 13.9. The van der Waals surface area contributed by atoms with E-state index in [0.717, 1.165) is 31.6 Å². The van der Waals surface area contributed by atoms with E-state index in [2.05, 4.69) is 29.2 Å². The number of rotatable bonds is 2. The minimum Gasteiger partial charge on any atom is -0.298 e. The Labute approximate surface area is 129 Å². The van der Waals surface area contributed by atoms with Crippen molar-refractivity contribution in [3.05, 3.63) is 70.8 Å². The molecule has 0 spiro atoms. The second-order valence-electron chi connectivity index (χ2n) is 6.61. The van der Waals surface area contributed by atoms with E-state index in [1.807, 2.05) is 6.07 Å². The molecule has 1 fully saturated rings. The number of halogens is 2. The van der Waals surface area contributed by atoms with Crippen LogP contribution in [0.1, 0.15) is 29.0 Å². The summed E-state index contributed by atoms with van der Waals surface area (Å²) < 4.78 is 27.5. The van der Waals surface area contributed by atoms with Gasteiger partial charge in [-0.15, -0.1) is 0 Å². The lowest BCUT2D eigenvalue weighted by Gasteiger charge is -2.42. The standard InChI is InChI=1S/C19H19F2N/c20-18-7-6-16-15-8-14(9-17(16)19(18)21)11-22(12-15)10-13-4-2-1-3-5-13/h1-7,14-15H,8-12H2/t14-,15-/m1/s1. The Morgan fingerprint density at radius 3 is 2.64 bits per heavy atom. The van der Waals surface area contributed by atoms with Crippen LogP contribution in [0.25, 0.3) is 0 Å². The number of likely N-dealkylation sites (tertiary alicyclic amines) is 1. The largest absolute Gasteiger partial charge is 0.298 e. The Morgan fingerprint density at radius 1 is 1.00 bits per heavy atom.